The first-order valence-electron chi connectivity index (χ1n) is 11.6. The number of aliphatic carboxylic acids is 1. The highest BCUT2D eigenvalue weighted by Crippen LogP contribution is 2.20. The van der Waals surface area contributed by atoms with Crippen molar-refractivity contribution in [1.82, 2.24) is 16.0 Å². The van der Waals surface area contributed by atoms with Gasteiger partial charge < -0.3 is 32.5 Å². The lowest BCUT2D eigenvalue weighted by Gasteiger charge is -2.17. The number of hydrogen-bond acceptors (Lipinski definition) is 5. The number of nitrogens with one attached hydrogen (secondary N) is 3. The Morgan fingerprint density at radius 3 is 2.26 bits per heavy atom. The van der Waals surface area contributed by atoms with E-state index in [9.17, 15) is 24.3 Å². The van der Waals surface area contributed by atoms with Gasteiger partial charge in [0.15, 0.2) is 5.96 Å². The standard InChI is InChI=1S/C27H28N6O5/c28-27(29)32-21-11-5-10-20(13-21)25(37)31-16-23(34)33-22(14-24(35)36)26(38)30-15-17-6-4-9-19(12-17)18-7-2-1-3-8-18/h1-13,22H,14-16H2,(H,30,38)(H,31,37)(H,33,34)(H,35,36)(H4,28,29,32)/t22-/m0/s1. The van der Waals surface area contributed by atoms with Crippen LogP contribution in [0.15, 0.2) is 83.9 Å². The Bertz CT molecular complexity index is 1340. The molecule has 0 aliphatic carbocycles. The molecule has 0 aliphatic rings. The highest BCUT2D eigenvalue weighted by molar-refractivity contribution is 5.98. The number of nitrogens with two attached hydrogens (primary N) is 2. The average molecular weight is 517 g/mol. The van der Waals surface area contributed by atoms with Gasteiger partial charge in [-0.2, -0.15) is 0 Å². The molecule has 0 fully saturated rings. The van der Waals surface area contributed by atoms with Crippen molar-refractivity contribution in [3.8, 4) is 11.1 Å². The van der Waals surface area contributed by atoms with Crippen molar-refractivity contribution in [3.05, 3.63) is 90.0 Å². The quantitative estimate of drug-likeness (QED) is 0.163. The minimum Gasteiger partial charge on any atom is -0.481 e. The molecule has 0 radical (unpaired) electrons. The summed E-state index contributed by atoms with van der Waals surface area (Å²) in [7, 11) is 0. The van der Waals surface area contributed by atoms with Crippen LogP contribution in [-0.2, 0) is 20.9 Å². The fourth-order valence-corrected chi connectivity index (χ4v) is 3.56. The topological polar surface area (TPSA) is 189 Å². The number of benzene rings is 3. The third-order valence-corrected chi connectivity index (χ3v) is 5.31. The fraction of sp³-hybridized carbons (Fsp3) is 0.148. The van der Waals surface area contributed by atoms with Crippen molar-refractivity contribution in [1.29, 1.82) is 0 Å². The van der Waals surface area contributed by atoms with E-state index < -0.39 is 42.7 Å². The van der Waals surface area contributed by atoms with Crippen molar-refractivity contribution in [3.63, 3.8) is 0 Å². The third kappa shape index (κ3) is 8.48. The van der Waals surface area contributed by atoms with Crippen LogP contribution < -0.4 is 27.4 Å². The van der Waals surface area contributed by atoms with E-state index in [0.29, 0.717) is 5.69 Å². The number of nitrogens with zero attached hydrogens (tertiary/aromatic N) is 1. The molecule has 0 unspecified atom stereocenters. The Morgan fingerprint density at radius 2 is 1.55 bits per heavy atom. The zero-order valence-corrected chi connectivity index (χ0v) is 20.4. The lowest BCUT2D eigenvalue weighted by Crippen LogP contribution is -2.50. The summed E-state index contributed by atoms with van der Waals surface area (Å²) in [5.41, 5.74) is 14.0. The molecule has 3 amide bonds. The molecule has 8 N–H and O–H groups in total. The van der Waals surface area contributed by atoms with E-state index in [1.807, 2.05) is 54.6 Å². The van der Waals surface area contributed by atoms with Gasteiger partial charge in [-0.25, -0.2) is 4.99 Å². The molecule has 11 nitrogen and oxygen atoms in total. The monoisotopic (exact) mass is 516 g/mol. The molecule has 3 rings (SSSR count). The Morgan fingerprint density at radius 1 is 0.842 bits per heavy atom. The molecule has 3 aromatic rings. The van der Waals surface area contributed by atoms with E-state index in [4.69, 9.17) is 11.5 Å². The second-order valence-corrected chi connectivity index (χ2v) is 8.27. The summed E-state index contributed by atoms with van der Waals surface area (Å²) in [5, 5.41) is 16.7. The molecule has 3 aromatic carbocycles. The number of hydrogen-bond donors (Lipinski definition) is 6. The summed E-state index contributed by atoms with van der Waals surface area (Å²) in [6, 6.07) is 22.0. The van der Waals surface area contributed by atoms with E-state index in [1.54, 1.807) is 12.1 Å². The molecular formula is C27H28N6O5. The van der Waals surface area contributed by atoms with E-state index in [1.165, 1.54) is 12.1 Å². The molecule has 0 saturated carbocycles. The lowest BCUT2D eigenvalue weighted by atomic mass is 10.0. The Labute approximate surface area is 218 Å². The first kappa shape index (κ1) is 27.4. The first-order chi connectivity index (χ1) is 18.2. The number of amides is 3. The van der Waals surface area contributed by atoms with Gasteiger partial charge in [0.2, 0.25) is 11.8 Å². The number of guanidine groups is 1. The second kappa shape index (κ2) is 13.2. The highest BCUT2D eigenvalue weighted by Gasteiger charge is 2.24. The fourth-order valence-electron chi connectivity index (χ4n) is 3.56. The van der Waals surface area contributed by atoms with Crippen molar-refractivity contribution in [2.45, 2.75) is 19.0 Å². The number of aliphatic imine (C=N–C) groups is 1. The summed E-state index contributed by atoms with van der Waals surface area (Å²) >= 11 is 0. The number of carboxylic acid groups (broad SMARTS) is 1. The normalized spacial score (nSPS) is 11.1. The SMILES string of the molecule is NC(N)=Nc1cccc(C(=O)NCC(=O)N[C@@H](CC(=O)O)C(=O)NCc2cccc(-c3ccccc3)c2)c1. The van der Waals surface area contributed by atoms with E-state index in [0.717, 1.165) is 16.7 Å². The molecule has 38 heavy (non-hydrogen) atoms. The Kier molecular flexibility index (Phi) is 9.52. The Hall–Kier alpha value is -5.19. The van der Waals surface area contributed by atoms with Gasteiger partial charge in [0, 0.05) is 12.1 Å². The van der Waals surface area contributed by atoms with Crippen LogP contribution in [0.4, 0.5) is 5.69 Å². The van der Waals surface area contributed by atoms with Crippen LogP contribution in [0.3, 0.4) is 0 Å². The zero-order valence-electron chi connectivity index (χ0n) is 20.4. The van der Waals surface area contributed by atoms with Crippen molar-refractivity contribution < 1.29 is 24.3 Å². The molecule has 0 spiro atoms. The van der Waals surface area contributed by atoms with Crippen LogP contribution in [0.2, 0.25) is 0 Å². The Balaban J connectivity index is 1.57. The van der Waals surface area contributed by atoms with Crippen LogP contribution >= 0.6 is 0 Å². The minimum atomic E-state index is -1.33. The van der Waals surface area contributed by atoms with Crippen LogP contribution in [0.25, 0.3) is 11.1 Å². The minimum absolute atomic E-state index is 0.133. The lowest BCUT2D eigenvalue weighted by molar-refractivity contribution is -0.140. The average Bonchev–Trinajstić information content (AvgIpc) is 2.90. The van der Waals surface area contributed by atoms with E-state index in [2.05, 4.69) is 20.9 Å². The van der Waals surface area contributed by atoms with E-state index >= 15 is 0 Å². The zero-order chi connectivity index (χ0) is 27.5. The van der Waals surface area contributed by atoms with Crippen molar-refractivity contribution >= 4 is 35.3 Å². The molecule has 196 valence electrons. The van der Waals surface area contributed by atoms with Gasteiger partial charge in [0.25, 0.3) is 5.91 Å². The van der Waals surface area contributed by atoms with Gasteiger partial charge in [0.1, 0.15) is 6.04 Å². The second-order valence-electron chi connectivity index (χ2n) is 8.27. The number of carbonyl (C=O) groups is 4. The molecular weight excluding hydrogens is 488 g/mol. The molecule has 0 bridgehead atoms. The van der Waals surface area contributed by atoms with Gasteiger partial charge in [-0.05, 0) is 41.0 Å². The van der Waals surface area contributed by atoms with Gasteiger partial charge in [-0.3, -0.25) is 19.2 Å². The van der Waals surface area contributed by atoms with Crippen LogP contribution in [0.5, 0.6) is 0 Å². The number of carbonyl (C=O) groups excluding carboxylic acids is 3. The summed E-state index contributed by atoms with van der Waals surface area (Å²) < 4.78 is 0. The summed E-state index contributed by atoms with van der Waals surface area (Å²) in [6.45, 7) is -0.345. The maximum atomic E-state index is 12.7. The number of rotatable bonds is 11. The van der Waals surface area contributed by atoms with Gasteiger partial charge >= 0.3 is 5.97 Å². The van der Waals surface area contributed by atoms with Crippen molar-refractivity contribution in [2.24, 2.45) is 16.5 Å². The number of carboxylic acids is 1. The molecule has 0 heterocycles. The van der Waals surface area contributed by atoms with Crippen molar-refractivity contribution in [2.75, 3.05) is 6.54 Å². The van der Waals surface area contributed by atoms with Gasteiger partial charge in [-0.1, -0.05) is 54.6 Å². The smallest absolute Gasteiger partial charge is 0.305 e. The largest absolute Gasteiger partial charge is 0.481 e. The third-order valence-electron chi connectivity index (χ3n) is 5.31. The van der Waals surface area contributed by atoms with Crippen LogP contribution in [-0.4, -0.2) is 47.3 Å². The molecule has 0 aliphatic heterocycles. The van der Waals surface area contributed by atoms with Gasteiger partial charge in [-0.15, -0.1) is 0 Å². The predicted molar refractivity (Wildman–Crippen MR) is 142 cm³/mol. The predicted octanol–water partition coefficient (Wildman–Crippen LogP) is 1.26. The first-order valence-corrected chi connectivity index (χ1v) is 11.6. The maximum absolute atomic E-state index is 12.7. The van der Waals surface area contributed by atoms with Gasteiger partial charge in [0.05, 0.1) is 18.7 Å². The summed E-state index contributed by atoms with van der Waals surface area (Å²) in [4.78, 5) is 52.7. The van der Waals surface area contributed by atoms with E-state index in [-0.39, 0.29) is 18.1 Å². The molecule has 1 atom stereocenters. The molecule has 0 saturated heterocycles. The molecule has 11 heteroatoms. The van der Waals surface area contributed by atoms with Crippen LogP contribution in [0.1, 0.15) is 22.3 Å². The summed E-state index contributed by atoms with van der Waals surface area (Å²) in [5.74, 6) is -3.41. The maximum Gasteiger partial charge on any atom is 0.305 e. The summed E-state index contributed by atoms with van der Waals surface area (Å²) in [6.07, 6.45) is -0.629. The van der Waals surface area contributed by atoms with Crippen LogP contribution in [0, 0.1) is 0 Å². The molecule has 0 aromatic heterocycles. The highest BCUT2D eigenvalue weighted by atomic mass is 16.4.